The first-order valence-electron chi connectivity index (χ1n) is 6.90. The van der Waals surface area contributed by atoms with Gasteiger partial charge in [0.2, 0.25) is 11.8 Å². The molecular weight excluding hydrogens is 244 g/mol. The van der Waals surface area contributed by atoms with Gasteiger partial charge in [0.25, 0.3) is 0 Å². The standard InChI is InChI=1S/C13H28N4O2/c1-4-8-15-12(18)11-16(2)10-6-13(19)17(3)9-5-7-14/h4-11,14H2,1-3H3,(H,15,18). The van der Waals surface area contributed by atoms with Crippen molar-refractivity contribution in [1.29, 1.82) is 0 Å². The van der Waals surface area contributed by atoms with E-state index in [-0.39, 0.29) is 11.8 Å². The Hall–Kier alpha value is -1.14. The fraction of sp³-hybridized carbons (Fsp3) is 0.846. The van der Waals surface area contributed by atoms with Crippen LogP contribution in [0.2, 0.25) is 0 Å². The first kappa shape index (κ1) is 17.9. The largest absolute Gasteiger partial charge is 0.355 e. The lowest BCUT2D eigenvalue weighted by molar-refractivity contribution is -0.130. The van der Waals surface area contributed by atoms with Crippen molar-refractivity contribution in [2.24, 2.45) is 5.73 Å². The number of hydrogen-bond donors (Lipinski definition) is 2. The molecule has 2 amide bonds. The molecule has 112 valence electrons. The quantitative estimate of drug-likeness (QED) is 0.569. The van der Waals surface area contributed by atoms with Gasteiger partial charge in [0.15, 0.2) is 0 Å². The summed E-state index contributed by atoms with van der Waals surface area (Å²) < 4.78 is 0. The van der Waals surface area contributed by atoms with Crippen LogP contribution in [-0.2, 0) is 9.59 Å². The summed E-state index contributed by atoms with van der Waals surface area (Å²) in [7, 11) is 3.63. The Kier molecular flexibility index (Phi) is 10.1. The monoisotopic (exact) mass is 272 g/mol. The number of amides is 2. The Balaban J connectivity index is 3.79. The van der Waals surface area contributed by atoms with Gasteiger partial charge in [-0.05, 0) is 26.4 Å². The number of carbonyl (C=O) groups excluding carboxylic acids is 2. The molecule has 0 unspecified atom stereocenters. The lowest BCUT2D eigenvalue weighted by Gasteiger charge is -2.20. The van der Waals surface area contributed by atoms with Crippen molar-refractivity contribution < 1.29 is 9.59 Å². The molecule has 0 radical (unpaired) electrons. The minimum atomic E-state index is 0.00767. The van der Waals surface area contributed by atoms with Crippen molar-refractivity contribution in [2.75, 3.05) is 46.8 Å². The average molecular weight is 272 g/mol. The molecule has 0 fully saturated rings. The smallest absolute Gasteiger partial charge is 0.234 e. The van der Waals surface area contributed by atoms with Crippen LogP contribution < -0.4 is 11.1 Å². The minimum Gasteiger partial charge on any atom is -0.355 e. The Morgan fingerprint density at radius 3 is 2.47 bits per heavy atom. The SMILES string of the molecule is CCCNC(=O)CN(C)CCC(=O)N(C)CCCN. The third-order valence-electron chi connectivity index (χ3n) is 2.82. The molecule has 6 heteroatoms. The average Bonchev–Trinajstić information content (AvgIpc) is 2.39. The van der Waals surface area contributed by atoms with E-state index in [4.69, 9.17) is 5.73 Å². The zero-order chi connectivity index (χ0) is 14.7. The summed E-state index contributed by atoms with van der Waals surface area (Å²) in [6.45, 7) is 4.92. The summed E-state index contributed by atoms with van der Waals surface area (Å²) in [5, 5.41) is 2.81. The van der Waals surface area contributed by atoms with Crippen molar-refractivity contribution >= 4 is 11.8 Å². The highest BCUT2D eigenvalue weighted by atomic mass is 16.2. The zero-order valence-corrected chi connectivity index (χ0v) is 12.4. The molecule has 0 aliphatic heterocycles. The van der Waals surface area contributed by atoms with Gasteiger partial charge < -0.3 is 16.0 Å². The van der Waals surface area contributed by atoms with Crippen molar-refractivity contribution in [3.63, 3.8) is 0 Å². The van der Waals surface area contributed by atoms with Crippen molar-refractivity contribution in [1.82, 2.24) is 15.1 Å². The molecule has 0 saturated carbocycles. The van der Waals surface area contributed by atoms with Crippen LogP contribution in [-0.4, -0.2) is 68.4 Å². The van der Waals surface area contributed by atoms with E-state index in [1.807, 2.05) is 18.9 Å². The third-order valence-corrected chi connectivity index (χ3v) is 2.82. The van der Waals surface area contributed by atoms with Crippen LogP contribution in [0.4, 0.5) is 0 Å². The fourth-order valence-corrected chi connectivity index (χ4v) is 1.58. The van der Waals surface area contributed by atoms with Crippen LogP contribution in [0.25, 0.3) is 0 Å². The summed E-state index contributed by atoms with van der Waals surface area (Å²) in [5.41, 5.74) is 5.40. The van der Waals surface area contributed by atoms with Gasteiger partial charge in [-0.2, -0.15) is 0 Å². The summed E-state index contributed by atoms with van der Waals surface area (Å²) in [6, 6.07) is 0. The predicted molar refractivity (Wildman–Crippen MR) is 76.7 cm³/mol. The third kappa shape index (κ3) is 9.44. The summed E-state index contributed by atoms with van der Waals surface area (Å²) >= 11 is 0. The topological polar surface area (TPSA) is 78.7 Å². The zero-order valence-electron chi connectivity index (χ0n) is 12.4. The van der Waals surface area contributed by atoms with Crippen LogP contribution in [0, 0.1) is 0 Å². The molecule has 0 aromatic rings. The Morgan fingerprint density at radius 1 is 1.21 bits per heavy atom. The van der Waals surface area contributed by atoms with Crippen LogP contribution in [0.1, 0.15) is 26.2 Å². The van der Waals surface area contributed by atoms with Crippen molar-refractivity contribution in [3.8, 4) is 0 Å². The van der Waals surface area contributed by atoms with Gasteiger partial charge in [0.1, 0.15) is 0 Å². The number of hydrogen-bond acceptors (Lipinski definition) is 4. The summed E-state index contributed by atoms with van der Waals surface area (Å²) in [6.07, 6.45) is 2.18. The number of nitrogens with one attached hydrogen (secondary N) is 1. The number of nitrogens with two attached hydrogens (primary N) is 1. The van der Waals surface area contributed by atoms with Gasteiger partial charge in [-0.25, -0.2) is 0 Å². The molecule has 0 aliphatic rings. The Labute approximate surface area is 116 Å². The molecular formula is C13H28N4O2. The maximum Gasteiger partial charge on any atom is 0.234 e. The maximum atomic E-state index is 11.8. The van der Waals surface area contributed by atoms with E-state index in [9.17, 15) is 9.59 Å². The molecule has 0 bridgehead atoms. The molecule has 0 atom stereocenters. The number of nitrogens with zero attached hydrogens (tertiary/aromatic N) is 2. The van der Waals surface area contributed by atoms with Crippen molar-refractivity contribution in [3.05, 3.63) is 0 Å². The summed E-state index contributed by atoms with van der Waals surface area (Å²) in [4.78, 5) is 26.8. The highest BCUT2D eigenvalue weighted by Crippen LogP contribution is 1.95. The fourth-order valence-electron chi connectivity index (χ4n) is 1.58. The molecule has 0 spiro atoms. The minimum absolute atomic E-state index is 0.00767. The summed E-state index contributed by atoms with van der Waals surface area (Å²) in [5.74, 6) is 0.0996. The second-order valence-corrected chi connectivity index (χ2v) is 4.80. The second-order valence-electron chi connectivity index (χ2n) is 4.80. The predicted octanol–water partition coefficient (Wildman–Crippen LogP) is -0.358. The van der Waals surface area contributed by atoms with E-state index in [1.54, 1.807) is 11.9 Å². The van der Waals surface area contributed by atoms with Crippen LogP contribution in [0.3, 0.4) is 0 Å². The van der Waals surface area contributed by atoms with Gasteiger partial charge in [-0.1, -0.05) is 6.92 Å². The highest BCUT2D eigenvalue weighted by molar-refractivity contribution is 5.78. The van der Waals surface area contributed by atoms with Gasteiger partial charge >= 0.3 is 0 Å². The molecule has 0 saturated heterocycles. The molecule has 3 N–H and O–H groups in total. The molecule has 0 aliphatic carbocycles. The normalized spacial score (nSPS) is 10.6. The van der Waals surface area contributed by atoms with Crippen molar-refractivity contribution in [2.45, 2.75) is 26.2 Å². The van der Waals surface area contributed by atoms with Crippen LogP contribution in [0.15, 0.2) is 0 Å². The lowest BCUT2D eigenvalue weighted by Crippen LogP contribution is -2.37. The van der Waals surface area contributed by atoms with E-state index in [0.717, 1.165) is 12.8 Å². The van der Waals surface area contributed by atoms with Crippen LogP contribution in [0.5, 0.6) is 0 Å². The van der Waals surface area contributed by atoms with Gasteiger partial charge in [-0.3, -0.25) is 14.5 Å². The first-order chi connectivity index (χ1) is 9.01. The van der Waals surface area contributed by atoms with E-state index >= 15 is 0 Å². The van der Waals surface area contributed by atoms with E-state index in [2.05, 4.69) is 5.32 Å². The molecule has 6 nitrogen and oxygen atoms in total. The Bertz CT molecular complexity index is 271. The van der Waals surface area contributed by atoms with E-state index < -0.39 is 0 Å². The van der Waals surface area contributed by atoms with Gasteiger partial charge in [0, 0.05) is 33.1 Å². The molecule has 0 heterocycles. The second kappa shape index (κ2) is 10.8. The first-order valence-corrected chi connectivity index (χ1v) is 6.90. The van der Waals surface area contributed by atoms with E-state index in [0.29, 0.717) is 39.1 Å². The lowest BCUT2D eigenvalue weighted by atomic mass is 10.3. The molecule has 0 aromatic carbocycles. The number of likely N-dealkylation sites (N-methyl/N-ethyl adjacent to an activating group) is 1. The van der Waals surface area contributed by atoms with Gasteiger partial charge in [0.05, 0.1) is 6.54 Å². The van der Waals surface area contributed by atoms with Gasteiger partial charge in [-0.15, -0.1) is 0 Å². The molecule has 0 aromatic heterocycles. The number of rotatable bonds is 10. The Morgan fingerprint density at radius 2 is 1.89 bits per heavy atom. The number of carbonyl (C=O) groups is 2. The molecule has 0 rings (SSSR count). The van der Waals surface area contributed by atoms with Crippen LogP contribution >= 0.6 is 0 Å². The van der Waals surface area contributed by atoms with E-state index in [1.165, 1.54) is 0 Å². The molecule has 19 heavy (non-hydrogen) atoms. The maximum absolute atomic E-state index is 11.8. The highest BCUT2D eigenvalue weighted by Gasteiger charge is 2.11.